The molecule has 0 aliphatic carbocycles. The molecular weight excluding hydrogens is 450 g/mol. The zero-order valence-electron chi connectivity index (χ0n) is 21.4. The summed E-state index contributed by atoms with van der Waals surface area (Å²) in [6.07, 6.45) is 1.28. The van der Waals surface area contributed by atoms with Crippen LogP contribution in [0, 0.1) is 5.92 Å². The quantitative estimate of drug-likeness (QED) is 0.395. The van der Waals surface area contributed by atoms with Crippen LogP contribution in [0.4, 0.5) is 5.69 Å². The third-order valence-electron chi connectivity index (χ3n) is 5.00. The molecule has 2 N–H and O–H groups in total. The molecular formula is C25H35N5O5. The fourth-order valence-corrected chi connectivity index (χ4v) is 3.29. The fourth-order valence-electron chi connectivity index (χ4n) is 3.29. The number of nitrogens with zero attached hydrogens (tertiary/aromatic N) is 3. The van der Waals surface area contributed by atoms with Gasteiger partial charge in [-0.1, -0.05) is 31.1 Å². The summed E-state index contributed by atoms with van der Waals surface area (Å²) in [7, 11) is 0. The van der Waals surface area contributed by atoms with Crippen LogP contribution in [0.5, 0.6) is 0 Å². The van der Waals surface area contributed by atoms with Gasteiger partial charge in [0.2, 0.25) is 11.8 Å². The highest BCUT2D eigenvalue weighted by atomic mass is 16.6. The summed E-state index contributed by atoms with van der Waals surface area (Å²) in [6.45, 7) is 12.1. The van der Waals surface area contributed by atoms with E-state index >= 15 is 0 Å². The molecule has 0 saturated carbocycles. The highest BCUT2D eigenvalue weighted by Gasteiger charge is 2.18. The summed E-state index contributed by atoms with van der Waals surface area (Å²) in [5, 5.41) is 9.58. The SMILES string of the molecule is CC(=O)Nc1cccc(Cn2cc(/C(C)=N/OC(C)C)c(=O)n(C[C@H](C)NC(=O)C(C)C)c2=O)c1. The van der Waals surface area contributed by atoms with E-state index in [-0.39, 0.29) is 42.5 Å². The van der Waals surface area contributed by atoms with Crippen molar-refractivity contribution in [2.75, 3.05) is 5.32 Å². The van der Waals surface area contributed by atoms with Crippen molar-refractivity contribution in [1.29, 1.82) is 0 Å². The van der Waals surface area contributed by atoms with Crippen molar-refractivity contribution in [3.63, 3.8) is 0 Å². The Morgan fingerprint density at radius 3 is 2.37 bits per heavy atom. The minimum Gasteiger partial charge on any atom is -0.393 e. The monoisotopic (exact) mass is 485 g/mol. The Hall–Kier alpha value is -3.69. The van der Waals surface area contributed by atoms with Crippen molar-refractivity contribution in [2.45, 2.75) is 73.7 Å². The zero-order valence-corrected chi connectivity index (χ0v) is 21.4. The van der Waals surface area contributed by atoms with Crippen LogP contribution in [0.3, 0.4) is 0 Å². The first kappa shape index (κ1) is 27.6. The third-order valence-corrected chi connectivity index (χ3v) is 5.00. The Balaban J connectivity index is 2.54. The lowest BCUT2D eigenvalue weighted by molar-refractivity contribution is -0.124. The average molecular weight is 486 g/mol. The number of nitrogens with one attached hydrogen (secondary N) is 2. The molecule has 1 aromatic carbocycles. The number of aromatic nitrogens is 2. The van der Waals surface area contributed by atoms with Crippen molar-refractivity contribution < 1.29 is 14.4 Å². The van der Waals surface area contributed by atoms with Gasteiger partial charge in [-0.25, -0.2) is 4.79 Å². The van der Waals surface area contributed by atoms with E-state index in [9.17, 15) is 19.2 Å². The van der Waals surface area contributed by atoms with Gasteiger partial charge >= 0.3 is 5.69 Å². The van der Waals surface area contributed by atoms with Crippen molar-refractivity contribution in [2.24, 2.45) is 11.1 Å². The average Bonchev–Trinajstić information content (AvgIpc) is 2.76. The van der Waals surface area contributed by atoms with Crippen LogP contribution in [-0.2, 0) is 27.5 Å². The highest BCUT2D eigenvalue weighted by molar-refractivity contribution is 5.97. The van der Waals surface area contributed by atoms with Gasteiger partial charge in [0.05, 0.1) is 24.4 Å². The van der Waals surface area contributed by atoms with Crippen molar-refractivity contribution in [3.05, 3.63) is 62.4 Å². The van der Waals surface area contributed by atoms with Crippen LogP contribution in [0.25, 0.3) is 0 Å². The predicted octanol–water partition coefficient (Wildman–Crippen LogP) is 2.33. The van der Waals surface area contributed by atoms with Gasteiger partial charge < -0.3 is 15.5 Å². The van der Waals surface area contributed by atoms with E-state index in [0.29, 0.717) is 11.4 Å². The second-order valence-corrected chi connectivity index (χ2v) is 9.15. The van der Waals surface area contributed by atoms with Crippen molar-refractivity contribution in [3.8, 4) is 0 Å². The molecule has 0 aliphatic heterocycles. The molecule has 35 heavy (non-hydrogen) atoms. The van der Waals surface area contributed by atoms with Gasteiger partial charge in [0, 0.05) is 30.8 Å². The molecule has 0 aliphatic rings. The van der Waals surface area contributed by atoms with Crippen molar-refractivity contribution >= 4 is 23.2 Å². The Labute approximate surface area is 205 Å². The maximum Gasteiger partial charge on any atom is 0.331 e. The van der Waals surface area contributed by atoms with E-state index in [0.717, 1.165) is 10.1 Å². The molecule has 190 valence electrons. The molecule has 0 fully saturated rings. The molecule has 0 unspecified atom stereocenters. The number of amides is 2. The first-order chi connectivity index (χ1) is 16.4. The molecule has 1 aromatic heterocycles. The summed E-state index contributed by atoms with van der Waals surface area (Å²) in [5.41, 5.74) is 0.862. The van der Waals surface area contributed by atoms with Crippen molar-refractivity contribution in [1.82, 2.24) is 14.5 Å². The number of anilines is 1. The Bertz CT molecular complexity index is 1210. The molecule has 2 rings (SSSR count). The van der Waals surface area contributed by atoms with E-state index in [1.807, 2.05) is 19.9 Å². The Kier molecular flexibility index (Phi) is 9.56. The second-order valence-electron chi connectivity index (χ2n) is 9.15. The number of rotatable bonds is 10. The summed E-state index contributed by atoms with van der Waals surface area (Å²) in [4.78, 5) is 55.4. The highest BCUT2D eigenvalue weighted by Crippen LogP contribution is 2.12. The van der Waals surface area contributed by atoms with Crippen LogP contribution in [0.2, 0.25) is 0 Å². The topological polar surface area (TPSA) is 124 Å². The second kappa shape index (κ2) is 12.1. The van der Waals surface area contributed by atoms with E-state index in [4.69, 9.17) is 4.84 Å². The standard InChI is InChI=1S/C25H35N5O5/c1-15(2)23(32)26-17(5)12-30-24(33)22(18(6)28-35-16(3)4)14-29(25(30)34)13-20-9-8-10-21(11-20)27-19(7)31/h8-11,14-17H,12-13H2,1-7H3,(H,26,32)(H,27,31)/b28-18+/t17-/m0/s1. The molecule has 0 spiro atoms. The molecule has 0 bridgehead atoms. The lowest BCUT2D eigenvalue weighted by atomic mass is 10.1. The van der Waals surface area contributed by atoms with Crippen LogP contribution in [0.15, 0.2) is 45.2 Å². The van der Waals surface area contributed by atoms with Crippen LogP contribution < -0.4 is 21.9 Å². The van der Waals surface area contributed by atoms with Gasteiger partial charge in [0.1, 0.15) is 6.10 Å². The van der Waals surface area contributed by atoms with E-state index in [2.05, 4.69) is 15.8 Å². The summed E-state index contributed by atoms with van der Waals surface area (Å²) in [5.74, 6) is -0.597. The number of hydrogen-bond donors (Lipinski definition) is 2. The molecule has 2 amide bonds. The molecule has 1 atom stereocenters. The number of carbonyl (C=O) groups is 2. The summed E-state index contributed by atoms with van der Waals surface area (Å²) in [6, 6.07) is 6.65. The molecule has 0 saturated heterocycles. The summed E-state index contributed by atoms with van der Waals surface area (Å²) < 4.78 is 2.52. The molecule has 10 heteroatoms. The first-order valence-electron chi connectivity index (χ1n) is 11.6. The molecule has 2 aromatic rings. The Morgan fingerprint density at radius 2 is 1.77 bits per heavy atom. The van der Waals surface area contributed by atoms with Gasteiger partial charge in [-0.15, -0.1) is 0 Å². The smallest absolute Gasteiger partial charge is 0.331 e. The zero-order chi connectivity index (χ0) is 26.3. The molecule has 0 radical (unpaired) electrons. The Morgan fingerprint density at radius 1 is 1.09 bits per heavy atom. The predicted molar refractivity (Wildman–Crippen MR) is 136 cm³/mol. The van der Waals surface area contributed by atoms with Gasteiger partial charge in [0.15, 0.2) is 0 Å². The lowest BCUT2D eigenvalue weighted by Gasteiger charge is -2.19. The normalized spacial score (nSPS) is 12.5. The number of benzene rings is 1. The minimum absolute atomic E-state index is 0.00574. The summed E-state index contributed by atoms with van der Waals surface area (Å²) >= 11 is 0. The van der Waals surface area contributed by atoms with Crippen LogP contribution >= 0.6 is 0 Å². The van der Waals surface area contributed by atoms with Gasteiger partial charge in [-0.05, 0) is 45.4 Å². The van der Waals surface area contributed by atoms with E-state index in [1.165, 1.54) is 17.7 Å². The van der Waals surface area contributed by atoms with Gasteiger partial charge in [-0.2, -0.15) is 0 Å². The van der Waals surface area contributed by atoms with E-state index < -0.39 is 17.3 Å². The van der Waals surface area contributed by atoms with Gasteiger partial charge in [-0.3, -0.25) is 23.5 Å². The number of hydrogen-bond acceptors (Lipinski definition) is 6. The van der Waals surface area contributed by atoms with Crippen LogP contribution in [0.1, 0.15) is 59.6 Å². The maximum absolute atomic E-state index is 13.3. The largest absolute Gasteiger partial charge is 0.393 e. The third kappa shape index (κ3) is 7.94. The van der Waals surface area contributed by atoms with Gasteiger partial charge in [0.25, 0.3) is 5.56 Å². The first-order valence-corrected chi connectivity index (χ1v) is 11.6. The van der Waals surface area contributed by atoms with Crippen LogP contribution in [-0.4, -0.2) is 38.8 Å². The molecule has 1 heterocycles. The number of carbonyl (C=O) groups excluding carboxylic acids is 2. The van der Waals surface area contributed by atoms with E-state index in [1.54, 1.807) is 45.9 Å². The molecule has 10 nitrogen and oxygen atoms in total. The maximum atomic E-state index is 13.3. The fraction of sp³-hybridized carbons (Fsp3) is 0.480. The number of oxime groups is 1. The minimum atomic E-state index is -0.521. The lowest BCUT2D eigenvalue weighted by Crippen LogP contribution is -2.47.